The van der Waals surface area contributed by atoms with Gasteiger partial charge in [-0.3, -0.25) is 10.1 Å². The van der Waals surface area contributed by atoms with Crippen molar-refractivity contribution in [3.63, 3.8) is 0 Å². The molecule has 3 aliphatic rings. The molecule has 4 N–H and O–H groups in total. The van der Waals surface area contributed by atoms with Crippen LogP contribution in [0.1, 0.15) is 28.8 Å². The number of rotatable bonds is 5. The molecule has 2 saturated heterocycles. The van der Waals surface area contributed by atoms with Gasteiger partial charge in [0.25, 0.3) is 11.8 Å². The molecule has 0 aromatic heterocycles. The van der Waals surface area contributed by atoms with Crippen LogP contribution in [0, 0.1) is 17.7 Å². The number of carbonyl (C=O) groups excluding carboxylic acids is 1. The number of benzene rings is 2. The highest BCUT2D eigenvalue weighted by Gasteiger charge is 2.65. The molecule has 170 valence electrons. The molecule has 32 heavy (non-hydrogen) atoms. The van der Waals surface area contributed by atoms with E-state index in [1.54, 1.807) is 24.3 Å². The maximum atomic E-state index is 15.1. The third-order valence-electron chi connectivity index (χ3n) is 6.59. The predicted octanol–water partition coefficient (Wildman–Crippen LogP) is 3.71. The van der Waals surface area contributed by atoms with Crippen LogP contribution in [0.5, 0.6) is 0 Å². The lowest BCUT2D eigenvalue weighted by Crippen LogP contribution is -2.62. The highest BCUT2D eigenvalue weighted by Crippen LogP contribution is 2.55. The molecular weight excluding hydrogens is 439 g/mol. The largest absolute Gasteiger partial charge is 0.399 e. The van der Waals surface area contributed by atoms with Gasteiger partial charge in [0.15, 0.2) is 0 Å². The van der Waals surface area contributed by atoms with Gasteiger partial charge in [-0.1, -0.05) is 18.2 Å². The Morgan fingerprint density at radius 3 is 2.69 bits per heavy atom. The zero-order valence-corrected chi connectivity index (χ0v) is 18.0. The van der Waals surface area contributed by atoms with Crippen LogP contribution in [-0.2, 0) is 10.3 Å². The fraction of sp³-hybridized carbons (Fsp3) is 0.435. The number of ether oxygens (including phenoxy) is 1. The Bertz CT molecular complexity index is 1020. The number of carbonyl (C=O) groups is 1. The van der Waals surface area contributed by atoms with Crippen molar-refractivity contribution in [2.45, 2.75) is 35.9 Å². The molecule has 2 aromatic carbocycles. The van der Waals surface area contributed by atoms with Crippen molar-refractivity contribution < 1.29 is 22.7 Å². The molecule has 1 saturated carbocycles. The summed E-state index contributed by atoms with van der Waals surface area (Å²) >= 11 is 1.31. The number of anilines is 1. The lowest BCUT2D eigenvalue weighted by Gasteiger charge is -2.45. The molecule has 2 aromatic rings. The minimum Gasteiger partial charge on any atom is -0.399 e. The second-order valence-electron chi connectivity index (χ2n) is 8.69. The van der Waals surface area contributed by atoms with Crippen LogP contribution in [0.25, 0.3) is 0 Å². The number of thioether (sulfide) groups is 1. The highest BCUT2D eigenvalue weighted by molar-refractivity contribution is 7.99. The number of halogens is 3. The van der Waals surface area contributed by atoms with Crippen LogP contribution < -0.4 is 16.4 Å². The number of amides is 1. The molecular formula is C23H24F3N3O2S. The Hall–Kier alpha value is -2.23. The number of hydrogen-bond acceptors (Lipinski definition) is 5. The van der Waals surface area contributed by atoms with Crippen molar-refractivity contribution in [2.75, 3.05) is 18.1 Å². The van der Waals surface area contributed by atoms with Crippen LogP contribution in [0.3, 0.4) is 0 Å². The summed E-state index contributed by atoms with van der Waals surface area (Å²) in [4.78, 5) is 12.7. The number of fused-ring (bicyclic) bond motifs is 1. The van der Waals surface area contributed by atoms with Crippen LogP contribution in [0.4, 0.5) is 18.9 Å². The highest BCUT2D eigenvalue weighted by atomic mass is 32.2. The van der Waals surface area contributed by atoms with Gasteiger partial charge in [0, 0.05) is 34.4 Å². The van der Waals surface area contributed by atoms with Crippen LogP contribution in [0.15, 0.2) is 48.5 Å². The van der Waals surface area contributed by atoms with E-state index in [0.29, 0.717) is 24.1 Å². The van der Waals surface area contributed by atoms with Crippen molar-refractivity contribution in [1.82, 2.24) is 10.6 Å². The zero-order chi connectivity index (χ0) is 22.5. The van der Waals surface area contributed by atoms with Gasteiger partial charge in [0.2, 0.25) is 0 Å². The van der Waals surface area contributed by atoms with E-state index in [2.05, 4.69) is 10.6 Å². The first-order valence-electron chi connectivity index (χ1n) is 10.6. The van der Waals surface area contributed by atoms with Gasteiger partial charge in [-0.05, 0) is 43.2 Å². The SMILES string of the molecule is Nc1ccc(F)c([C@]23CO[C@H](C(F)(F)C4CC4)[C@H]2CSC(NC(=O)c2ccccc2)N3)c1. The molecule has 2 aliphatic heterocycles. The molecule has 1 amide bonds. The summed E-state index contributed by atoms with van der Waals surface area (Å²) in [6, 6.07) is 12.8. The third-order valence-corrected chi connectivity index (χ3v) is 7.71. The Labute approximate surface area is 188 Å². The van der Waals surface area contributed by atoms with E-state index in [0.717, 1.165) is 0 Å². The predicted molar refractivity (Wildman–Crippen MR) is 117 cm³/mol. The lowest BCUT2D eigenvalue weighted by atomic mass is 9.76. The van der Waals surface area contributed by atoms with Gasteiger partial charge >= 0.3 is 0 Å². The lowest BCUT2D eigenvalue weighted by molar-refractivity contribution is -0.141. The summed E-state index contributed by atoms with van der Waals surface area (Å²) in [5.41, 5.74) is 5.07. The first kappa shape index (κ1) is 21.6. The van der Waals surface area contributed by atoms with Gasteiger partial charge in [-0.15, -0.1) is 11.8 Å². The molecule has 1 aliphatic carbocycles. The smallest absolute Gasteiger partial charge is 0.276 e. The molecule has 4 atom stereocenters. The summed E-state index contributed by atoms with van der Waals surface area (Å²) in [6.07, 6.45) is -0.396. The normalized spacial score (nSPS) is 30.0. The number of nitrogens with one attached hydrogen (secondary N) is 2. The van der Waals surface area contributed by atoms with Gasteiger partial charge < -0.3 is 15.8 Å². The average molecular weight is 464 g/mol. The van der Waals surface area contributed by atoms with Crippen LogP contribution in [0.2, 0.25) is 0 Å². The van der Waals surface area contributed by atoms with E-state index >= 15 is 13.2 Å². The molecule has 0 bridgehead atoms. The maximum absolute atomic E-state index is 15.1. The van der Waals surface area contributed by atoms with Gasteiger partial charge in [-0.2, -0.15) is 0 Å². The molecule has 9 heteroatoms. The monoisotopic (exact) mass is 463 g/mol. The molecule has 0 radical (unpaired) electrons. The van der Waals surface area contributed by atoms with Crippen molar-refractivity contribution in [3.05, 3.63) is 65.5 Å². The fourth-order valence-corrected chi connectivity index (χ4v) is 6.09. The second kappa shape index (κ2) is 7.97. The molecule has 2 heterocycles. The molecule has 5 rings (SSSR count). The Balaban J connectivity index is 1.47. The molecule has 0 spiro atoms. The minimum atomic E-state index is -2.99. The quantitative estimate of drug-likeness (QED) is 0.590. The summed E-state index contributed by atoms with van der Waals surface area (Å²) in [5, 5.41) is 6.13. The topological polar surface area (TPSA) is 76.4 Å². The standard InChI is InChI=1S/C23H24F3N3O2S/c24-18-9-8-15(27)10-16(18)22-12-31-19(23(25,26)14-6-7-14)17(22)11-32-21(29-22)28-20(30)13-4-2-1-3-5-13/h1-5,8-10,14,17,19,21,29H,6-7,11-12,27H2,(H,28,30)/t17-,19+,21?,22-/m1/s1. The van der Waals surface area contributed by atoms with Crippen LogP contribution >= 0.6 is 11.8 Å². The van der Waals surface area contributed by atoms with Crippen molar-refractivity contribution >= 4 is 23.4 Å². The van der Waals surface area contributed by atoms with Gasteiger partial charge in [-0.25, -0.2) is 13.2 Å². The van der Waals surface area contributed by atoms with E-state index in [1.165, 1.54) is 30.0 Å². The zero-order valence-electron chi connectivity index (χ0n) is 17.2. The summed E-state index contributed by atoms with van der Waals surface area (Å²) in [6.45, 7) is -0.136. The Morgan fingerprint density at radius 2 is 1.97 bits per heavy atom. The van der Waals surface area contributed by atoms with Crippen molar-refractivity contribution in [1.29, 1.82) is 0 Å². The molecule has 1 unspecified atom stereocenters. The summed E-state index contributed by atoms with van der Waals surface area (Å²) < 4.78 is 51.0. The number of nitrogens with two attached hydrogens (primary N) is 1. The number of hydrogen-bond donors (Lipinski definition) is 3. The summed E-state index contributed by atoms with van der Waals surface area (Å²) in [5.74, 6) is -4.97. The van der Waals surface area contributed by atoms with Crippen LogP contribution in [-0.4, -0.2) is 35.8 Å². The van der Waals surface area contributed by atoms with E-state index in [4.69, 9.17) is 10.5 Å². The Morgan fingerprint density at radius 1 is 1.22 bits per heavy atom. The van der Waals surface area contributed by atoms with Gasteiger partial charge in [0.1, 0.15) is 17.4 Å². The molecule has 3 fully saturated rings. The number of nitrogen functional groups attached to an aromatic ring is 1. The number of alkyl halides is 2. The van der Waals surface area contributed by atoms with Crippen molar-refractivity contribution in [3.8, 4) is 0 Å². The van der Waals surface area contributed by atoms with E-state index < -0.39 is 40.7 Å². The van der Waals surface area contributed by atoms with E-state index in [1.807, 2.05) is 6.07 Å². The Kier molecular flexibility index (Phi) is 5.38. The van der Waals surface area contributed by atoms with E-state index in [9.17, 15) is 4.79 Å². The fourth-order valence-electron chi connectivity index (χ4n) is 4.75. The van der Waals surface area contributed by atoms with Gasteiger partial charge in [0.05, 0.1) is 12.1 Å². The summed E-state index contributed by atoms with van der Waals surface area (Å²) in [7, 11) is 0. The second-order valence-corrected chi connectivity index (χ2v) is 9.83. The minimum absolute atomic E-state index is 0.136. The van der Waals surface area contributed by atoms with E-state index in [-0.39, 0.29) is 23.8 Å². The maximum Gasteiger partial charge on any atom is 0.276 e. The first-order valence-corrected chi connectivity index (χ1v) is 11.7. The first-order chi connectivity index (χ1) is 15.3. The third kappa shape index (κ3) is 3.66. The average Bonchev–Trinajstić information content (AvgIpc) is 3.57. The molecule has 5 nitrogen and oxygen atoms in total. The van der Waals surface area contributed by atoms with Crippen molar-refractivity contribution in [2.24, 2.45) is 11.8 Å².